The molecule has 33 heavy (non-hydrogen) atoms. The lowest BCUT2D eigenvalue weighted by molar-refractivity contribution is -0.117. The minimum atomic E-state index is -3.88. The summed E-state index contributed by atoms with van der Waals surface area (Å²) in [6, 6.07) is 12.8. The first-order valence-electron chi connectivity index (χ1n) is 11.2. The second-order valence-electron chi connectivity index (χ2n) is 8.06. The predicted octanol–water partition coefficient (Wildman–Crippen LogP) is 4.01. The smallest absolute Gasteiger partial charge is 0.243 e. The zero-order chi connectivity index (χ0) is 23.8. The number of carbonyl (C=O) groups excluding carboxylic acids is 2. The zero-order valence-corrected chi connectivity index (χ0v) is 19.9. The van der Waals surface area contributed by atoms with Gasteiger partial charge in [-0.25, -0.2) is 8.42 Å². The molecular formula is C24H31N3O5S. The molecule has 9 heteroatoms. The van der Waals surface area contributed by atoms with Crippen molar-refractivity contribution in [2.24, 2.45) is 0 Å². The van der Waals surface area contributed by atoms with E-state index in [0.717, 1.165) is 32.1 Å². The summed E-state index contributed by atoms with van der Waals surface area (Å²) in [5, 5.41) is 5.42. The highest BCUT2D eigenvalue weighted by Crippen LogP contribution is 2.29. The molecule has 2 N–H and O–H groups in total. The molecule has 0 aromatic heterocycles. The van der Waals surface area contributed by atoms with Gasteiger partial charge in [-0.1, -0.05) is 25.3 Å². The number of anilines is 2. The molecule has 0 spiro atoms. The van der Waals surface area contributed by atoms with E-state index in [1.807, 2.05) is 6.92 Å². The van der Waals surface area contributed by atoms with Crippen LogP contribution in [0.5, 0.6) is 5.75 Å². The number of hydrogen-bond donors (Lipinski definition) is 2. The molecule has 1 saturated carbocycles. The molecule has 8 nitrogen and oxygen atoms in total. The fourth-order valence-electron chi connectivity index (χ4n) is 4.01. The summed E-state index contributed by atoms with van der Waals surface area (Å²) in [5.41, 5.74) is 1.03. The van der Waals surface area contributed by atoms with Crippen molar-refractivity contribution in [2.75, 3.05) is 23.8 Å². The third-order valence-corrected chi connectivity index (χ3v) is 7.40. The van der Waals surface area contributed by atoms with E-state index >= 15 is 0 Å². The van der Waals surface area contributed by atoms with Crippen LogP contribution in [0.15, 0.2) is 53.4 Å². The first-order valence-corrected chi connectivity index (χ1v) is 12.7. The van der Waals surface area contributed by atoms with Gasteiger partial charge in [0, 0.05) is 24.3 Å². The Morgan fingerprint density at radius 1 is 1.00 bits per heavy atom. The van der Waals surface area contributed by atoms with Crippen LogP contribution in [-0.2, 0) is 19.6 Å². The summed E-state index contributed by atoms with van der Waals surface area (Å²) in [6.45, 7) is 3.47. The van der Waals surface area contributed by atoms with E-state index < -0.39 is 15.9 Å². The van der Waals surface area contributed by atoms with Crippen molar-refractivity contribution >= 4 is 33.2 Å². The molecular weight excluding hydrogens is 442 g/mol. The number of ether oxygens (including phenoxy) is 1. The Hall–Kier alpha value is -2.91. The SMILES string of the molecule is CCOc1ccc(S(=O)(=O)N(CC(=O)Nc2cccc(NC(C)=O)c2)C2CCCCC2)cc1. The molecule has 1 aliphatic rings. The standard InChI is InChI=1S/C24H31N3O5S/c1-3-32-22-12-14-23(15-13-22)33(30,31)27(21-10-5-4-6-11-21)17-24(29)26-20-9-7-8-19(16-20)25-18(2)28/h7-9,12-16,21H,3-6,10-11,17H2,1-2H3,(H,25,28)(H,26,29). The first-order chi connectivity index (χ1) is 15.8. The Kier molecular flexibility index (Phi) is 8.46. The highest BCUT2D eigenvalue weighted by Gasteiger charge is 2.34. The average molecular weight is 474 g/mol. The fourth-order valence-corrected chi connectivity index (χ4v) is 5.65. The molecule has 2 amide bonds. The van der Waals surface area contributed by atoms with Gasteiger partial charge < -0.3 is 15.4 Å². The molecule has 2 aromatic carbocycles. The lowest BCUT2D eigenvalue weighted by Gasteiger charge is -2.33. The maximum absolute atomic E-state index is 13.5. The number of hydrogen-bond acceptors (Lipinski definition) is 5. The minimum Gasteiger partial charge on any atom is -0.494 e. The van der Waals surface area contributed by atoms with E-state index in [0.29, 0.717) is 23.7 Å². The maximum Gasteiger partial charge on any atom is 0.243 e. The van der Waals surface area contributed by atoms with Gasteiger partial charge in [0.05, 0.1) is 18.0 Å². The number of sulfonamides is 1. The van der Waals surface area contributed by atoms with Crippen molar-refractivity contribution < 1.29 is 22.7 Å². The number of nitrogens with zero attached hydrogens (tertiary/aromatic N) is 1. The quantitative estimate of drug-likeness (QED) is 0.573. The molecule has 0 aliphatic heterocycles. The monoisotopic (exact) mass is 473 g/mol. The van der Waals surface area contributed by atoms with Gasteiger partial charge in [0.2, 0.25) is 21.8 Å². The Bertz CT molecular complexity index is 1060. The van der Waals surface area contributed by atoms with Gasteiger partial charge >= 0.3 is 0 Å². The van der Waals surface area contributed by atoms with Gasteiger partial charge in [-0.3, -0.25) is 9.59 Å². The van der Waals surface area contributed by atoms with Crippen LogP contribution >= 0.6 is 0 Å². The van der Waals surface area contributed by atoms with Crippen molar-refractivity contribution in [3.8, 4) is 5.75 Å². The fraction of sp³-hybridized carbons (Fsp3) is 0.417. The molecule has 0 radical (unpaired) electrons. The predicted molar refractivity (Wildman–Crippen MR) is 128 cm³/mol. The number of carbonyl (C=O) groups is 2. The molecule has 3 rings (SSSR count). The van der Waals surface area contributed by atoms with Gasteiger partial charge in [0.15, 0.2) is 0 Å². The molecule has 178 valence electrons. The topological polar surface area (TPSA) is 105 Å². The Morgan fingerprint density at radius 3 is 2.24 bits per heavy atom. The molecule has 0 unspecified atom stereocenters. The maximum atomic E-state index is 13.5. The second-order valence-corrected chi connectivity index (χ2v) is 9.95. The van der Waals surface area contributed by atoms with E-state index in [1.54, 1.807) is 36.4 Å². The molecule has 0 heterocycles. The minimum absolute atomic E-state index is 0.136. The van der Waals surface area contributed by atoms with Gasteiger partial charge in [0.25, 0.3) is 0 Å². The van der Waals surface area contributed by atoms with Crippen LogP contribution < -0.4 is 15.4 Å². The van der Waals surface area contributed by atoms with Crippen molar-refractivity contribution in [3.63, 3.8) is 0 Å². The average Bonchev–Trinajstić information content (AvgIpc) is 2.78. The van der Waals surface area contributed by atoms with Gasteiger partial charge in [-0.2, -0.15) is 4.31 Å². The van der Waals surface area contributed by atoms with E-state index in [1.165, 1.54) is 23.4 Å². The summed E-state index contributed by atoms with van der Waals surface area (Å²) >= 11 is 0. The summed E-state index contributed by atoms with van der Waals surface area (Å²) in [7, 11) is -3.88. The Morgan fingerprint density at radius 2 is 1.64 bits per heavy atom. The van der Waals surface area contributed by atoms with Crippen molar-refractivity contribution in [3.05, 3.63) is 48.5 Å². The molecule has 1 aliphatic carbocycles. The Balaban J connectivity index is 1.80. The summed E-state index contributed by atoms with van der Waals surface area (Å²) < 4.78 is 33.8. The largest absolute Gasteiger partial charge is 0.494 e. The lowest BCUT2D eigenvalue weighted by Crippen LogP contribution is -2.45. The van der Waals surface area contributed by atoms with Crippen LogP contribution in [0.3, 0.4) is 0 Å². The number of nitrogens with one attached hydrogen (secondary N) is 2. The Labute approximate surface area is 195 Å². The summed E-state index contributed by atoms with van der Waals surface area (Å²) in [5.74, 6) is -0.0593. The van der Waals surface area contributed by atoms with Crippen LogP contribution in [0.1, 0.15) is 46.0 Å². The van der Waals surface area contributed by atoms with Crippen molar-refractivity contribution in [1.29, 1.82) is 0 Å². The zero-order valence-electron chi connectivity index (χ0n) is 19.0. The van der Waals surface area contributed by atoms with E-state index in [9.17, 15) is 18.0 Å². The van der Waals surface area contributed by atoms with Gasteiger partial charge in [-0.05, 0) is 62.2 Å². The highest BCUT2D eigenvalue weighted by molar-refractivity contribution is 7.89. The number of amides is 2. The van der Waals surface area contributed by atoms with E-state index in [4.69, 9.17) is 4.74 Å². The van der Waals surface area contributed by atoms with Gasteiger partial charge in [0.1, 0.15) is 5.75 Å². The summed E-state index contributed by atoms with van der Waals surface area (Å²) in [4.78, 5) is 24.3. The normalized spacial score (nSPS) is 14.6. The van der Waals surface area contributed by atoms with Gasteiger partial charge in [-0.15, -0.1) is 0 Å². The number of benzene rings is 2. The van der Waals surface area contributed by atoms with Crippen LogP contribution in [0.25, 0.3) is 0 Å². The third kappa shape index (κ3) is 6.79. The lowest BCUT2D eigenvalue weighted by atomic mass is 9.95. The van der Waals surface area contributed by atoms with Crippen LogP contribution in [0.2, 0.25) is 0 Å². The molecule has 2 aromatic rings. The van der Waals surface area contributed by atoms with E-state index in [2.05, 4.69) is 10.6 Å². The van der Waals surface area contributed by atoms with Crippen LogP contribution in [0, 0.1) is 0 Å². The first kappa shape index (κ1) is 24.7. The van der Waals surface area contributed by atoms with Crippen molar-refractivity contribution in [2.45, 2.75) is 56.9 Å². The molecule has 0 saturated heterocycles. The highest BCUT2D eigenvalue weighted by atomic mass is 32.2. The van der Waals surface area contributed by atoms with Crippen LogP contribution in [0.4, 0.5) is 11.4 Å². The van der Waals surface area contributed by atoms with Crippen LogP contribution in [-0.4, -0.2) is 43.7 Å². The third-order valence-electron chi connectivity index (χ3n) is 5.49. The van der Waals surface area contributed by atoms with Crippen molar-refractivity contribution in [1.82, 2.24) is 4.31 Å². The molecule has 0 atom stereocenters. The summed E-state index contributed by atoms with van der Waals surface area (Å²) in [6.07, 6.45) is 4.37. The molecule has 0 bridgehead atoms. The second kappa shape index (κ2) is 11.3. The van der Waals surface area contributed by atoms with E-state index in [-0.39, 0.29) is 23.4 Å². The molecule has 1 fully saturated rings. The number of rotatable bonds is 9.